The van der Waals surface area contributed by atoms with E-state index in [4.69, 9.17) is 9.15 Å². The molecule has 5 nitrogen and oxygen atoms in total. The standard InChI is InChI=1S/C13H13BrN2O3/c1-7-10(5-4-6-11(7)14)13(17)18-8(2)12-16-15-9(3)19-12/h4-6,8H,1-3H3/t8-/m0/s1. The number of benzene rings is 1. The van der Waals surface area contributed by atoms with Crippen molar-refractivity contribution in [2.75, 3.05) is 0 Å². The van der Waals surface area contributed by atoms with Gasteiger partial charge in [-0.05, 0) is 31.5 Å². The quantitative estimate of drug-likeness (QED) is 0.810. The Bertz CT molecular complexity index is 610. The first-order chi connectivity index (χ1) is 8.99. The van der Waals surface area contributed by atoms with E-state index in [1.165, 1.54) is 0 Å². The third kappa shape index (κ3) is 3.01. The van der Waals surface area contributed by atoms with Crippen molar-refractivity contribution in [3.63, 3.8) is 0 Å². The van der Waals surface area contributed by atoms with Crippen molar-refractivity contribution in [2.24, 2.45) is 0 Å². The van der Waals surface area contributed by atoms with Crippen molar-refractivity contribution in [1.29, 1.82) is 0 Å². The molecule has 1 heterocycles. The maximum absolute atomic E-state index is 12.1. The van der Waals surface area contributed by atoms with E-state index >= 15 is 0 Å². The SMILES string of the molecule is Cc1nnc([C@H](C)OC(=O)c2cccc(Br)c2C)o1. The molecule has 6 heteroatoms. The second kappa shape index (κ2) is 5.52. The van der Waals surface area contributed by atoms with Gasteiger partial charge in [0.15, 0.2) is 6.10 Å². The third-order valence-electron chi connectivity index (χ3n) is 2.66. The Labute approximate surface area is 119 Å². The summed E-state index contributed by atoms with van der Waals surface area (Å²) in [6, 6.07) is 5.38. The lowest BCUT2D eigenvalue weighted by Gasteiger charge is -2.11. The summed E-state index contributed by atoms with van der Waals surface area (Å²) < 4.78 is 11.4. The van der Waals surface area contributed by atoms with Crippen LogP contribution >= 0.6 is 15.9 Å². The molecule has 19 heavy (non-hydrogen) atoms. The molecule has 2 rings (SSSR count). The summed E-state index contributed by atoms with van der Waals surface area (Å²) >= 11 is 3.38. The van der Waals surface area contributed by atoms with Gasteiger partial charge >= 0.3 is 5.97 Å². The minimum atomic E-state index is -0.577. The Morgan fingerprint density at radius 2 is 2.11 bits per heavy atom. The molecule has 0 unspecified atom stereocenters. The number of halogens is 1. The maximum Gasteiger partial charge on any atom is 0.339 e. The number of hydrogen-bond donors (Lipinski definition) is 0. The van der Waals surface area contributed by atoms with Crippen molar-refractivity contribution in [2.45, 2.75) is 26.9 Å². The van der Waals surface area contributed by atoms with Crippen LogP contribution in [0.4, 0.5) is 0 Å². The fourth-order valence-electron chi connectivity index (χ4n) is 1.58. The molecule has 100 valence electrons. The van der Waals surface area contributed by atoms with E-state index in [1.807, 2.05) is 13.0 Å². The van der Waals surface area contributed by atoms with Gasteiger partial charge in [0.1, 0.15) is 0 Å². The highest BCUT2D eigenvalue weighted by Crippen LogP contribution is 2.23. The fourth-order valence-corrected chi connectivity index (χ4v) is 1.95. The predicted octanol–water partition coefficient (Wildman–Crippen LogP) is 3.37. The molecule has 0 spiro atoms. The molecule has 0 radical (unpaired) electrons. The van der Waals surface area contributed by atoms with Gasteiger partial charge in [-0.2, -0.15) is 0 Å². The van der Waals surface area contributed by atoms with E-state index in [0.29, 0.717) is 17.3 Å². The summed E-state index contributed by atoms with van der Waals surface area (Å²) in [6.45, 7) is 5.23. The predicted molar refractivity (Wildman–Crippen MR) is 71.7 cm³/mol. The van der Waals surface area contributed by atoms with E-state index in [2.05, 4.69) is 26.1 Å². The summed E-state index contributed by atoms with van der Waals surface area (Å²) in [5.74, 6) is 0.317. The molecule has 0 aliphatic carbocycles. The Morgan fingerprint density at radius 3 is 2.74 bits per heavy atom. The van der Waals surface area contributed by atoms with Crippen molar-refractivity contribution < 1.29 is 13.9 Å². The summed E-state index contributed by atoms with van der Waals surface area (Å²) in [4.78, 5) is 12.1. The lowest BCUT2D eigenvalue weighted by molar-refractivity contribution is 0.0276. The first kappa shape index (κ1) is 13.7. The van der Waals surface area contributed by atoms with Gasteiger partial charge in [-0.3, -0.25) is 0 Å². The normalized spacial score (nSPS) is 12.2. The lowest BCUT2D eigenvalue weighted by Crippen LogP contribution is -2.11. The summed E-state index contributed by atoms with van der Waals surface area (Å²) in [5, 5.41) is 7.53. The van der Waals surface area contributed by atoms with Crippen molar-refractivity contribution in [1.82, 2.24) is 10.2 Å². The molecule has 0 saturated heterocycles. The number of nitrogens with zero attached hydrogens (tertiary/aromatic N) is 2. The van der Waals surface area contributed by atoms with Crippen LogP contribution in [0.1, 0.15) is 40.7 Å². The topological polar surface area (TPSA) is 65.2 Å². The van der Waals surface area contributed by atoms with E-state index < -0.39 is 12.1 Å². The summed E-state index contributed by atoms with van der Waals surface area (Å²) in [7, 11) is 0. The van der Waals surface area contributed by atoms with Gasteiger partial charge in [0.2, 0.25) is 5.89 Å². The number of ether oxygens (including phenoxy) is 1. The van der Waals surface area contributed by atoms with Gasteiger partial charge in [-0.1, -0.05) is 22.0 Å². The fraction of sp³-hybridized carbons (Fsp3) is 0.308. The average molecular weight is 325 g/mol. The van der Waals surface area contributed by atoms with Crippen LogP contribution < -0.4 is 0 Å². The van der Waals surface area contributed by atoms with Gasteiger partial charge in [-0.25, -0.2) is 4.79 Å². The smallest absolute Gasteiger partial charge is 0.339 e. The first-order valence-corrected chi connectivity index (χ1v) is 6.54. The van der Waals surface area contributed by atoms with Crippen LogP contribution in [-0.2, 0) is 4.74 Å². The second-order valence-electron chi connectivity index (χ2n) is 4.12. The molecule has 1 aromatic carbocycles. The van der Waals surface area contributed by atoms with Crippen LogP contribution in [-0.4, -0.2) is 16.2 Å². The molecule has 1 atom stereocenters. The van der Waals surface area contributed by atoms with Gasteiger partial charge < -0.3 is 9.15 Å². The number of esters is 1. The van der Waals surface area contributed by atoms with Crippen molar-refractivity contribution in [3.05, 3.63) is 45.6 Å². The highest BCUT2D eigenvalue weighted by Gasteiger charge is 2.20. The van der Waals surface area contributed by atoms with Gasteiger partial charge in [-0.15, -0.1) is 10.2 Å². The van der Waals surface area contributed by atoms with Crippen LogP contribution in [0.3, 0.4) is 0 Å². The first-order valence-electron chi connectivity index (χ1n) is 5.75. The summed E-state index contributed by atoms with van der Waals surface area (Å²) in [5.41, 5.74) is 1.35. The highest BCUT2D eigenvalue weighted by atomic mass is 79.9. The zero-order valence-electron chi connectivity index (χ0n) is 10.8. The second-order valence-corrected chi connectivity index (χ2v) is 4.97. The van der Waals surface area contributed by atoms with Gasteiger partial charge in [0, 0.05) is 11.4 Å². The number of aryl methyl sites for hydroxylation is 1. The lowest BCUT2D eigenvalue weighted by atomic mass is 10.1. The Morgan fingerprint density at radius 1 is 1.37 bits per heavy atom. The number of aromatic nitrogens is 2. The van der Waals surface area contributed by atoms with Crippen molar-refractivity contribution in [3.8, 4) is 0 Å². The zero-order valence-corrected chi connectivity index (χ0v) is 12.4. The maximum atomic E-state index is 12.1. The number of carbonyl (C=O) groups excluding carboxylic acids is 1. The van der Waals surface area contributed by atoms with Crippen LogP contribution in [0, 0.1) is 13.8 Å². The van der Waals surface area contributed by atoms with E-state index in [9.17, 15) is 4.79 Å². The van der Waals surface area contributed by atoms with Crippen molar-refractivity contribution >= 4 is 21.9 Å². The Hall–Kier alpha value is -1.69. The molecule has 0 N–H and O–H groups in total. The Kier molecular flexibility index (Phi) is 3.99. The van der Waals surface area contributed by atoms with Crippen LogP contribution in [0.25, 0.3) is 0 Å². The molecule has 0 bridgehead atoms. The minimum absolute atomic E-state index is 0.290. The molecule has 0 amide bonds. The van der Waals surface area contributed by atoms with Crippen LogP contribution in [0.5, 0.6) is 0 Å². The van der Waals surface area contributed by atoms with E-state index in [0.717, 1.165) is 10.0 Å². The molecular weight excluding hydrogens is 312 g/mol. The molecule has 0 aliphatic heterocycles. The number of hydrogen-bond acceptors (Lipinski definition) is 5. The monoisotopic (exact) mass is 324 g/mol. The minimum Gasteiger partial charge on any atom is -0.449 e. The molecular formula is C13H13BrN2O3. The molecule has 1 aromatic heterocycles. The number of carbonyl (C=O) groups is 1. The molecule has 2 aromatic rings. The van der Waals surface area contributed by atoms with Crippen LogP contribution in [0.15, 0.2) is 27.1 Å². The molecule has 0 saturated carbocycles. The van der Waals surface area contributed by atoms with E-state index in [-0.39, 0.29) is 0 Å². The molecule has 0 aliphatic rings. The largest absolute Gasteiger partial charge is 0.449 e. The van der Waals surface area contributed by atoms with Gasteiger partial charge in [0.05, 0.1) is 5.56 Å². The van der Waals surface area contributed by atoms with Crippen LogP contribution in [0.2, 0.25) is 0 Å². The molecule has 0 fully saturated rings. The van der Waals surface area contributed by atoms with E-state index in [1.54, 1.807) is 26.0 Å². The van der Waals surface area contributed by atoms with Gasteiger partial charge in [0.25, 0.3) is 5.89 Å². The summed E-state index contributed by atoms with van der Waals surface area (Å²) in [6.07, 6.45) is -0.577. The average Bonchev–Trinajstić information content (AvgIpc) is 2.79. The third-order valence-corrected chi connectivity index (χ3v) is 3.52. The zero-order chi connectivity index (χ0) is 14.0. The Balaban J connectivity index is 2.15. The highest BCUT2D eigenvalue weighted by molar-refractivity contribution is 9.10. The number of rotatable bonds is 3.